The summed E-state index contributed by atoms with van der Waals surface area (Å²) in [5.41, 5.74) is 5.84. The molecule has 16 heavy (non-hydrogen) atoms. The monoisotopic (exact) mass is 274 g/mol. The second-order valence-electron chi connectivity index (χ2n) is 4.90. The predicted molar refractivity (Wildman–Crippen MR) is 70.8 cm³/mol. The molecule has 0 aliphatic heterocycles. The predicted octanol–water partition coefficient (Wildman–Crippen LogP) is 2.52. The first-order chi connectivity index (χ1) is 7.60. The molecular weight excluding hydrogens is 259 g/mol. The van der Waals surface area contributed by atoms with Gasteiger partial charge in [0, 0.05) is 0 Å². The van der Waals surface area contributed by atoms with Crippen molar-refractivity contribution in [1.82, 2.24) is 0 Å². The molecule has 1 heteroatoms. The molecule has 0 N–H and O–H groups in total. The van der Waals surface area contributed by atoms with Gasteiger partial charge in [-0.1, -0.05) is 0 Å². The van der Waals surface area contributed by atoms with Gasteiger partial charge in [-0.3, -0.25) is 0 Å². The van der Waals surface area contributed by atoms with E-state index in [1.165, 1.54) is 26.7 Å². The normalized spacial score (nSPS) is 15.7. The molecule has 0 aromatic heterocycles. The van der Waals surface area contributed by atoms with E-state index in [-0.39, 0.29) is 5.41 Å². The van der Waals surface area contributed by atoms with E-state index in [9.17, 15) is 0 Å². The number of rotatable bonds is 0. The molecule has 2 aromatic carbocycles. The molecule has 0 saturated heterocycles. The minimum atomic E-state index is 0.141. The maximum absolute atomic E-state index is 2.63. The number of benzene rings is 2. The van der Waals surface area contributed by atoms with Crippen molar-refractivity contribution >= 4 is 20.5 Å². The SMILES string of the molecule is CC1(C)c2ccccc2-c2ccc([SeH])cc21. The van der Waals surface area contributed by atoms with Crippen molar-refractivity contribution in [2.75, 3.05) is 0 Å². The zero-order chi connectivity index (χ0) is 11.3. The van der Waals surface area contributed by atoms with E-state index < -0.39 is 0 Å². The summed E-state index contributed by atoms with van der Waals surface area (Å²) >= 11 is 2.63. The average molecular weight is 273 g/mol. The molecule has 1 aliphatic carbocycles. The quantitative estimate of drug-likeness (QED) is 0.647. The molecule has 80 valence electrons. The minimum absolute atomic E-state index is 0.141. The van der Waals surface area contributed by atoms with Gasteiger partial charge >= 0.3 is 104 Å². The molecule has 0 spiro atoms. The molecule has 0 fully saturated rings. The Morgan fingerprint density at radius 1 is 0.875 bits per heavy atom. The fourth-order valence-corrected chi connectivity index (χ4v) is 3.12. The van der Waals surface area contributed by atoms with Crippen LogP contribution >= 0.6 is 0 Å². The molecule has 1 aliphatic rings. The molecule has 3 rings (SSSR count). The average Bonchev–Trinajstić information content (AvgIpc) is 2.49. The Hall–Kier alpha value is -1.04. The van der Waals surface area contributed by atoms with Crippen LogP contribution in [0.4, 0.5) is 0 Å². The van der Waals surface area contributed by atoms with Crippen LogP contribution in [0.3, 0.4) is 0 Å². The second-order valence-corrected chi connectivity index (χ2v) is 5.98. The van der Waals surface area contributed by atoms with Gasteiger partial charge in [0.15, 0.2) is 0 Å². The van der Waals surface area contributed by atoms with Crippen LogP contribution in [0.25, 0.3) is 11.1 Å². The van der Waals surface area contributed by atoms with Gasteiger partial charge < -0.3 is 0 Å². The van der Waals surface area contributed by atoms with Crippen LogP contribution in [-0.2, 0) is 5.41 Å². The van der Waals surface area contributed by atoms with Gasteiger partial charge in [0.05, 0.1) is 0 Å². The zero-order valence-electron chi connectivity index (χ0n) is 9.49. The Kier molecular flexibility index (Phi) is 2.04. The first-order valence-corrected chi connectivity index (χ1v) is 6.48. The van der Waals surface area contributed by atoms with E-state index in [1.54, 1.807) is 0 Å². The Morgan fingerprint density at radius 3 is 2.38 bits per heavy atom. The first-order valence-electron chi connectivity index (χ1n) is 5.54. The Balaban J connectivity index is 2.39. The fraction of sp³-hybridized carbons (Fsp3) is 0.200. The van der Waals surface area contributed by atoms with Crippen molar-refractivity contribution < 1.29 is 0 Å². The zero-order valence-corrected chi connectivity index (χ0v) is 11.4. The third kappa shape index (κ3) is 1.22. The van der Waals surface area contributed by atoms with Crippen molar-refractivity contribution in [3.63, 3.8) is 0 Å². The molecule has 0 bridgehead atoms. The summed E-state index contributed by atoms with van der Waals surface area (Å²) < 4.78 is 1.28. The van der Waals surface area contributed by atoms with E-state index in [1.807, 2.05) is 0 Å². The number of hydrogen-bond acceptors (Lipinski definition) is 0. The van der Waals surface area contributed by atoms with Gasteiger partial charge in [-0.2, -0.15) is 0 Å². The van der Waals surface area contributed by atoms with E-state index >= 15 is 0 Å². The van der Waals surface area contributed by atoms with Crippen LogP contribution in [0.5, 0.6) is 0 Å². The molecule has 0 amide bonds. The van der Waals surface area contributed by atoms with Crippen LogP contribution in [0, 0.1) is 0 Å². The molecular formula is C15H14Se. The van der Waals surface area contributed by atoms with Gasteiger partial charge in [-0.25, -0.2) is 0 Å². The maximum atomic E-state index is 2.63. The first kappa shape index (κ1) is 10.1. The van der Waals surface area contributed by atoms with E-state index in [0.29, 0.717) is 0 Å². The Morgan fingerprint density at radius 2 is 1.56 bits per heavy atom. The third-order valence-electron chi connectivity index (χ3n) is 3.57. The van der Waals surface area contributed by atoms with Crippen LogP contribution < -0.4 is 4.46 Å². The molecule has 0 heterocycles. The summed E-state index contributed by atoms with van der Waals surface area (Å²) in [4.78, 5) is 0. The molecule has 0 nitrogen and oxygen atoms in total. The van der Waals surface area contributed by atoms with Gasteiger partial charge in [0.25, 0.3) is 0 Å². The van der Waals surface area contributed by atoms with E-state index in [2.05, 4.69) is 72.3 Å². The molecule has 0 radical (unpaired) electrons. The molecule has 2 aromatic rings. The van der Waals surface area contributed by atoms with Gasteiger partial charge in [-0.05, 0) is 0 Å². The number of hydrogen-bond donors (Lipinski definition) is 0. The van der Waals surface area contributed by atoms with Gasteiger partial charge in [0.2, 0.25) is 0 Å². The summed E-state index contributed by atoms with van der Waals surface area (Å²) in [5, 5.41) is 0. The summed E-state index contributed by atoms with van der Waals surface area (Å²) in [6.07, 6.45) is 0. The van der Waals surface area contributed by atoms with Gasteiger partial charge in [0.1, 0.15) is 0 Å². The molecule has 0 unspecified atom stereocenters. The summed E-state index contributed by atoms with van der Waals surface area (Å²) in [6.45, 7) is 4.62. The second kappa shape index (κ2) is 3.23. The fourth-order valence-electron chi connectivity index (χ4n) is 2.69. The Bertz CT molecular complexity index is 567. The van der Waals surface area contributed by atoms with E-state index in [0.717, 1.165) is 0 Å². The van der Waals surface area contributed by atoms with E-state index in [4.69, 9.17) is 0 Å². The number of fused-ring (bicyclic) bond motifs is 3. The van der Waals surface area contributed by atoms with Crippen LogP contribution in [0.15, 0.2) is 42.5 Å². The van der Waals surface area contributed by atoms with Crippen molar-refractivity contribution in [3.8, 4) is 11.1 Å². The topological polar surface area (TPSA) is 0 Å². The standard InChI is InChI=1S/C15H14Se/c1-15(2)13-6-4-3-5-11(13)12-8-7-10(16)9-14(12)15/h3-9,16H,1-2H3. The summed E-state index contributed by atoms with van der Waals surface area (Å²) in [6, 6.07) is 15.5. The third-order valence-corrected chi connectivity index (χ3v) is 4.15. The van der Waals surface area contributed by atoms with Gasteiger partial charge in [-0.15, -0.1) is 0 Å². The molecule has 0 saturated carbocycles. The Labute approximate surface area is 105 Å². The molecule has 0 atom stereocenters. The van der Waals surface area contributed by atoms with Crippen molar-refractivity contribution in [2.45, 2.75) is 19.3 Å². The summed E-state index contributed by atoms with van der Waals surface area (Å²) in [7, 11) is 0. The van der Waals surface area contributed by atoms with Crippen LogP contribution in [0.2, 0.25) is 0 Å². The van der Waals surface area contributed by atoms with Crippen molar-refractivity contribution in [3.05, 3.63) is 53.6 Å². The van der Waals surface area contributed by atoms with Crippen molar-refractivity contribution in [1.29, 1.82) is 0 Å². The van der Waals surface area contributed by atoms with Crippen molar-refractivity contribution in [2.24, 2.45) is 0 Å². The summed E-state index contributed by atoms with van der Waals surface area (Å²) in [5.74, 6) is 0. The van der Waals surface area contributed by atoms with Crippen LogP contribution in [0.1, 0.15) is 25.0 Å². The van der Waals surface area contributed by atoms with Crippen LogP contribution in [-0.4, -0.2) is 16.0 Å².